The van der Waals surface area contributed by atoms with Gasteiger partial charge in [-0.25, -0.2) is 4.98 Å². The number of hydrogen-bond donors (Lipinski definition) is 1. The van der Waals surface area contributed by atoms with Gasteiger partial charge >= 0.3 is 6.18 Å². The number of rotatable bonds is 2. The molecule has 0 atom stereocenters. The van der Waals surface area contributed by atoms with E-state index in [0.717, 1.165) is 16.8 Å². The maximum absolute atomic E-state index is 13.0. The summed E-state index contributed by atoms with van der Waals surface area (Å²) in [6, 6.07) is 14.6. The summed E-state index contributed by atoms with van der Waals surface area (Å²) in [5.41, 5.74) is -0.714. The van der Waals surface area contributed by atoms with E-state index in [1.807, 2.05) is 30.3 Å². The van der Waals surface area contributed by atoms with Crippen molar-refractivity contribution < 1.29 is 13.2 Å². The Labute approximate surface area is 119 Å². The Morgan fingerprint density at radius 2 is 1.57 bits per heavy atom. The van der Waals surface area contributed by atoms with Crippen LogP contribution in [0.4, 0.5) is 24.7 Å². The van der Waals surface area contributed by atoms with Gasteiger partial charge in [0, 0.05) is 11.6 Å². The average molecular weight is 288 g/mol. The van der Waals surface area contributed by atoms with Crippen LogP contribution < -0.4 is 5.32 Å². The van der Waals surface area contributed by atoms with Crippen LogP contribution >= 0.6 is 0 Å². The zero-order valence-electron chi connectivity index (χ0n) is 10.9. The number of nitrogens with one attached hydrogen (secondary N) is 1. The molecule has 3 rings (SSSR count). The second-order valence-corrected chi connectivity index (χ2v) is 4.55. The molecule has 0 radical (unpaired) electrons. The lowest BCUT2D eigenvalue weighted by Gasteiger charge is -2.14. The second kappa shape index (κ2) is 5.09. The zero-order valence-corrected chi connectivity index (χ0v) is 10.9. The van der Waals surface area contributed by atoms with Crippen LogP contribution in [-0.4, -0.2) is 4.98 Å². The fourth-order valence-electron chi connectivity index (χ4n) is 2.19. The molecule has 0 saturated carbocycles. The molecule has 5 heteroatoms. The van der Waals surface area contributed by atoms with Crippen LogP contribution in [0.1, 0.15) is 5.56 Å². The standard InChI is InChI=1S/C16H11F3N2/c17-16(18,19)13-7-3-4-8-14(13)21-15-12-6-2-1-5-11(12)9-10-20-15/h1-10H,(H,20,21). The van der Waals surface area contributed by atoms with E-state index in [1.54, 1.807) is 12.3 Å². The molecule has 0 amide bonds. The minimum Gasteiger partial charge on any atom is -0.339 e. The molecule has 1 heterocycles. The first-order valence-electron chi connectivity index (χ1n) is 6.33. The molecule has 0 spiro atoms. The predicted molar refractivity (Wildman–Crippen MR) is 76.5 cm³/mol. The summed E-state index contributed by atoms with van der Waals surface area (Å²) in [4.78, 5) is 4.15. The predicted octanol–water partition coefficient (Wildman–Crippen LogP) is 5.00. The van der Waals surface area contributed by atoms with Gasteiger partial charge in [-0.15, -0.1) is 0 Å². The van der Waals surface area contributed by atoms with Crippen molar-refractivity contribution in [2.24, 2.45) is 0 Å². The fourth-order valence-corrected chi connectivity index (χ4v) is 2.19. The van der Waals surface area contributed by atoms with E-state index >= 15 is 0 Å². The van der Waals surface area contributed by atoms with Gasteiger partial charge < -0.3 is 5.32 Å². The van der Waals surface area contributed by atoms with Gasteiger partial charge in [-0.05, 0) is 23.6 Å². The van der Waals surface area contributed by atoms with Crippen molar-refractivity contribution in [3.05, 3.63) is 66.4 Å². The summed E-state index contributed by atoms with van der Waals surface area (Å²) in [5, 5.41) is 4.48. The average Bonchev–Trinajstić information content (AvgIpc) is 2.47. The van der Waals surface area contributed by atoms with Gasteiger partial charge in [-0.2, -0.15) is 13.2 Å². The molecule has 0 bridgehead atoms. The Hall–Kier alpha value is -2.56. The minimum absolute atomic E-state index is 0.00569. The first-order valence-corrected chi connectivity index (χ1v) is 6.33. The molecule has 0 unspecified atom stereocenters. The summed E-state index contributed by atoms with van der Waals surface area (Å²) in [7, 11) is 0. The van der Waals surface area contributed by atoms with E-state index in [0.29, 0.717) is 5.82 Å². The number of halogens is 3. The molecule has 21 heavy (non-hydrogen) atoms. The molecular formula is C16H11F3N2. The number of nitrogens with zero attached hydrogens (tertiary/aromatic N) is 1. The van der Waals surface area contributed by atoms with E-state index in [4.69, 9.17) is 0 Å². The normalized spacial score (nSPS) is 11.6. The van der Waals surface area contributed by atoms with Crippen molar-refractivity contribution in [2.75, 3.05) is 5.32 Å². The Bertz CT molecular complexity index is 776. The van der Waals surface area contributed by atoms with Crippen LogP contribution in [0.2, 0.25) is 0 Å². The fraction of sp³-hybridized carbons (Fsp3) is 0.0625. The highest BCUT2D eigenvalue weighted by Gasteiger charge is 2.33. The van der Waals surface area contributed by atoms with Crippen molar-refractivity contribution in [2.45, 2.75) is 6.18 Å². The monoisotopic (exact) mass is 288 g/mol. The van der Waals surface area contributed by atoms with Crippen LogP contribution in [0, 0.1) is 0 Å². The second-order valence-electron chi connectivity index (χ2n) is 4.55. The number of pyridine rings is 1. The topological polar surface area (TPSA) is 24.9 Å². The van der Waals surface area contributed by atoms with E-state index in [-0.39, 0.29) is 5.69 Å². The highest BCUT2D eigenvalue weighted by atomic mass is 19.4. The number of aromatic nitrogens is 1. The Kier molecular flexibility index (Phi) is 3.25. The number of para-hydroxylation sites is 1. The summed E-state index contributed by atoms with van der Waals surface area (Å²) >= 11 is 0. The lowest BCUT2D eigenvalue weighted by Crippen LogP contribution is -2.09. The molecule has 1 aromatic heterocycles. The molecular weight excluding hydrogens is 277 g/mol. The Balaban J connectivity index is 2.08. The van der Waals surface area contributed by atoms with Gasteiger partial charge in [0.05, 0.1) is 11.3 Å². The maximum atomic E-state index is 13.0. The summed E-state index contributed by atoms with van der Waals surface area (Å²) in [5.74, 6) is 0.407. The van der Waals surface area contributed by atoms with Crippen LogP contribution in [0.15, 0.2) is 60.8 Å². The zero-order chi connectivity index (χ0) is 14.9. The molecule has 2 nitrogen and oxygen atoms in total. The van der Waals surface area contributed by atoms with Crippen LogP contribution in [0.25, 0.3) is 10.8 Å². The molecule has 0 saturated heterocycles. The maximum Gasteiger partial charge on any atom is 0.418 e. The van der Waals surface area contributed by atoms with E-state index in [9.17, 15) is 13.2 Å². The third-order valence-electron chi connectivity index (χ3n) is 3.16. The third-order valence-corrected chi connectivity index (χ3v) is 3.16. The highest BCUT2D eigenvalue weighted by Crippen LogP contribution is 2.36. The quantitative estimate of drug-likeness (QED) is 0.718. The first-order chi connectivity index (χ1) is 10.1. The summed E-state index contributed by atoms with van der Waals surface area (Å²) in [6.45, 7) is 0. The van der Waals surface area contributed by atoms with Gasteiger partial charge in [0.2, 0.25) is 0 Å². The molecule has 0 aliphatic rings. The Morgan fingerprint density at radius 3 is 2.38 bits per heavy atom. The van der Waals surface area contributed by atoms with Crippen molar-refractivity contribution >= 4 is 22.3 Å². The van der Waals surface area contributed by atoms with E-state index in [1.165, 1.54) is 12.1 Å². The van der Waals surface area contributed by atoms with Crippen molar-refractivity contribution in [3.63, 3.8) is 0 Å². The largest absolute Gasteiger partial charge is 0.418 e. The molecule has 0 fully saturated rings. The van der Waals surface area contributed by atoms with Crippen molar-refractivity contribution in [1.82, 2.24) is 4.98 Å². The van der Waals surface area contributed by atoms with Gasteiger partial charge in [0.1, 0.15) is 5.82 Å². The van der Waals surface area contributed by atoms with Gasteiger partial charge in [0.25, 0.3) is 0 Å². The number of benzene rings is 2. The van der Waals surface area contributed by atoms with Crippen LogP contribution in [-0.2, 0) is 6.18 Å². The van der Waals surface area contributed by atoms with Gasteiger partial charge in [-0.1, -0.05) is 36.4 Å². The Morgan fingerprint density at radius 1 is 0.857 bits per heavy atom. The van der Waals surface area contributed by atoms with Crippen molar-refractivity contribution in [1.29, 1.82) is 0 Å². The number of fused-ring (bicyclic) bond motifs is 1. The molecule has 2 aromatic carbocycles. The molecule has 3 aromatic rings. The molecule has 0 aliphatic heterocycles. The molecule has 106 valence electrons. The smallest absolute Gasteiger partial charge is 0.339 e. The number of anilines is 2. The van der Waals surface area contributed by atoms with Crippen LogP contribution in [0.5, 0.6) is 0 Å². The highest BCUT2D eigenvalue weighted by molar-refractivity contribution is 5.93. The number of alkyl halides is 3. The summed E-state index contributed by atoms with van der Waals surface area (Å²) in [6.07, 6.45) is -2.84. The molecule has 0 aliphatic carbocycles. The van der Waals surface area contributed by atoms with E-state index in [2.05, 4.69) is 10.3 Å². The summed E-state index contributed by atoms with van der Waals surface area (Å²) < 4.78 is 39.0. The lowest BCUT2D eigenvalue weighted by atomic mass is 10.1. The number of hydrogen-bond acceptors (Lipinski definition) is 2. The van der Waals surface area contributed by atoms with Crippen LogP contribution in [0.3, 0.4) is 0 Å². The van der Waals surface area contributed by atoms with Gasteiger partial charge in [-0.3, -0.25) is 0 Å². The molecule has 1 N–H and O–H groups in total. The van der Waals surface area contributed by atoms with Gasteiger partial charge in [0.15, 0.2) is 0 Å². The minimum atomic E-state index is -4.41. The SMILES string of the molecule is FC(F)(F)c1ccccc1Nc1nccc2ccccc12. The van der Waals surface area contributed by atoms with E-state index < -0.39 is 11.7 Å². The first kappa shape index (κ1) is 13.4. The third kappa shape index (κ3) is 2.67. The van der Waals surface area contributed by atoms with Crippen molar-refractivity contribution in [3.8, 4) is 0 Å². The lowest BCUT2D eigenvalue weighted by molar-refractivity contribution is -0.136.